The first kappa shape index (κ1) is 9.46. The van der Waals surface area contributed by atoms with Crippen molar-refractivity contribution in [1.82, 2.24) is 4.98 Å². The molecule has 0 unspecified atom stereocenters. The Hall–Kier alpha value is -0.630. The summed E-state index contributed by atoms with van der Waals surface area (Å²) in [6.45, 7) is 4.29. The SMILES string of the molecule is CC(C)c1ncccc1/C=C/Br. The van der Waals surface area contributed by atoms with Gasteiger partial charge in [-0.25, -0.2) is 0 Å². The molecule has 1 aromatic heterocycles. The maximum Gasteiger partial charge on any atom is 0.0501 e. The molecule has 1 heterocycles. The third-order valence-corrected chi connectivity index (χ3v) is 1.92. The Kier molecular flexibility index (Phi) is 3.48. The summed E-state index contributed by atoms with van der Waals surface area (Å²) in [5.74, 6) is 0.477. The molecule has 1 nitrogen and oxygen atoms in total. The van der Waals surface area contributed by atoms with Crippen LogP contribution in [-0.2, 0) is 0 Å². The highest BCUT2D eigenvalue weighted by molar-refractivity contribution is 9.11. The maximum atomic E-state index is 4.32. The largest absolute Gasteiger partial charge is 0.260 e. The van der Waals surface area contributed by atoms with Crippen LogP contribution < -0.4 is 0 Å². The molecule has 0 N–H and O–H groups in total. The fourth-order valence-electron chi connectivity index (χ4n) is 1.12. The lowest BCUT2D eigenvalue weighted by molar-refractivity contribution is 0.820. The second-order valence-electron chi connectivity index (χ2n) is 2.93. The Labute approximate surface area is 81.7 Å². The molecule has 0 saturated carbocycles. The normalized spacial score (nSPS) is 11.3. The van der Waals surface area contributed by atoms with Crippen LogP contribution in [0.15, 0.2) is 23.3 Å². The fourth-order valence-corrected chi connectivity index (χ4v) is 1.41. The van der Waals surface area contributed by atoms with E-state index in [1.54, 1.807) is 0 Å². The van der Waals surface area contributed by atoms with Crippen LogP contribution in [0.4, 0.5) is 0 Å². The Morgan fingerprint density at radius 2 is 2.25 bits per heavy atom. The molecule has 0 aromatic carbocycles. The molecule has 0 bridgehead atoms. The van der Waals surface area contributed by atoms with Gasteiger partial charge in [0.2, 0.25) is 0 Å². The number of rotatable bonds is 2. The van der Waals surface area contributed by atoms with Crippen molar-refractivity contribution >= 4 is 22.0 Å². The third-order valence-electron chi connectivity index (χ3n) is 1.66. The summed E-state index contributed by atoms with van der Waals surface area (Å²) in [5, 5.41) is 0. The second kappa shape index (κ2) is 4.41. The van der Waals surface area contributed by atoms with Crippen molar-refractivity contribution in [3.8, 4) is 0 Å². The molecule has 0 spiro atoms. The summed E-state index contributed by atoms with van der Waals surface area (Å²) in [6.07, 6.45) is 3.85. The molecule has 0 aliphatic carbocycles. The molecule has 1 aromatic rings. The van der Waals surface area contributed by atoms with Gasteiger partial charge in [-0.15, -0.1) is 0 Å². The van der Waals surface area contributed by atoms with Crippen LogP contribution in [-0.4, -0.2) is 4.98 Å². The van der Waals surface area contributed by atoms with Crippen LogP contribution >= 0.6 is 15.9 Å². The molecule has 0 radical (unpaired) electrons. The van der Waals surface area contributed by atoms with Gasteiger partial charge >= 0.3 is 0 Å². The van der Waals surface area contributed by atoms with E-state index in [1.807, 2.05) is 23.3 Å². The van der Waals surface area contributed by atoms with Crippen molar-refractivity contribution in [3.05, 3.63) is 34.6 Å². The van der Waals surface area contributed by atoms with Crippen LogP contribution in [0.5, 0.6) is 0 Å². The molecule has 64 valence electrons. The van der Waals surface area contributed by atoms with E-state index in [-0.39, 0.29) is 0 Å². The highest BCUT2D eigenvalue weighted by Gasteiger charge is 2.03. The topological polar surface area (TPSA) is 12.9 Å². The summed E-state index contributed by atoms with van der Waals surface area (Å²) in [7, 11) is 0. The highest BCUT2D eigenvalue weighted by atomic mass is 79.9. The number of hydrogen-bond acceptors (Lipinski definition) is 1. The van der Waals surface area contributed by atoms with Crippen LogP contribution in [0.2, 0.25) is 0 Å². The van der Waals surface area contributed by atoms with E-state index in [9.17, 15) is 0 Å². The minimum absolute atomic E-state index is 0.477. The van der Waals surface area contributed by atoms with Gasteiger partial charge in [0.25, 0.3) is 0 Å². The number of aromatic nitrogens is 1. The van der Waals surface area contributed by atoms with Gasteiger partial charge in [-0.05, 0) is 28.6 Å². The monoisotopic (exact) mass is 225 g/mol. The zero-order chi connectivity index (χ0) is 8.97. The molecule has 0 aliphatic rings. The molecular formula is C10H12BrN. The van der Waals surface area contributed by atoms with Crippen molar-refractivity contribution in [2.75, 3.05) is 0 Å². The Balaban J connectivity index is 3.08. The van der Waals surface area contributed by atoms with E-state index in [1.165, 1.54) is 5.56 Å². The molecule has 0 atom stereocenters. The quantitative estimate of drug-likeness (QED) is 0.751. The standard InChI is InChI=1S/C10H12BrN/c1-8(2)10-9(5-6-11)4-3-7-12-10/h3-8H,1-2H3/b6-5+. The zero-order valence-corrected chi connectivity index (χ0v) is 8.88. The van der Waals surface area contributed by atoms with Crippen molar-refractivity contribution < 1.29 is 0 Å². The van der Waals surface area contributed by atoms with Crippen LogP contribution in [0.3, 0.4) is 0 Å². The molecule has 2 heteroatoms. The summed E-state index contributed by atoms with van der Waals surface area (Å²) >= 11 is 3.26. The zero-order valence-electron chi connectivity index (χ0n) is 7.29. The summed E-state index contributed by atoms with van der Waals surface area (Å²) < 4.78 is 0. The van der Waals surface area contributed by atoms with Gasteiger partial charge in [-0.3, -0.25) is 4.98 Å². The fraction of sp³-hybridized carbons (Fsp3) is 0.300. The smallest absolute Gasteiger partial charge is 0.0501 e. The average Bonchev–Trinajstić information content (AvgIpc) is 2.05. The van der Waals surface area contributed by atoms with E-state index in [0.29, 0.717) is 5.92 Å². The summed E-state index contributed by atoms with van der Waals surface area (Å²) in [5.41, 5.74) is 2.33. The molecule has 1 rings (SSSR count). The lowest BCUT2D eigenvalue weighted by atomic mass is 10.0. The van der Waals surface area contributed by atoms with E-state index < -0.39 is 0 Å². The first-order valence-corrected chi connectivity index (χ1v) is 4.89. The number of nitrogens with zero attached hydrogens (tertiary/aromatic N) is 1. The molecule has 0 saturated heterocycles. The minimum Gasteiger partial charge on any atom is -0.260 e. The number of hydrogen-bond donors (Lipinski definition) is 0. The van der Waals surface area contributed by atoms with Crippen molar-refractivity contribution in [3.63, 3.8) is 0 Å². The number of pyridine rings is 1. The highest BCUT2D eigenvalue weighted by Crippen LogP contribution is 2.17. The van der Waals surface area contributed by atoms with Crippen molar-refractivity contribution in [2.45, 2.75) is 19.8 Å². The van der Waals surface area contributed by atoms with E-state index in [4.69, 9.17) is 0 Å². The first-order chi connectivity index (χ1) is 5.75. The minimum atomic E-state index is 0.477. The van der Waals surface area contributed by atoms with E-state index in [0.717, 1.165) is 5.69 Å². The molecule has 0 aliphatic heterocycles. The predicted octanol–water partition coefficient (Wildman–Crippen LogP) is 3.57. The number of halogens is 1. The Morgan fingerprint density at radius 1 is 1.50 bits per heavy atom. The summed E-state index contributed by atoms with van der Waals surface area (Å²) in [6, 6.07) is 4.02. The lowest BCUT2D eigenvalue weighted by Crippen LogP contribution is -1.94. The Morgan fingerprint density at radius 3 is 2.83 bits per heavy atom. The predicted molar refractivity (Wildman–Crippen MR) is 56.3 cm³/mol. The summed E-state index contributed by atoms with van der Waals surface area (Å²) in [4.78, 5) is 6.18. The van der Waals surface area contributed by atoms with Gasteiger partial charge in [-0.2, -0.15) is 0 Å². The van der Waals surface area contributed by atoms with Gasteiger partial charge in [0.1, 0.15) is 0 Å². The van der Waals surface area contributed by atoms with Gasteiger partial charge in [0, 0.05) is 6.20 Å². The van der Waals surface area contributed by atoms with Gasteiger partial charge in [0.15, 0.2) is 0 Å². The Bertz CT molecular complexity index is 279. The van der Waals surface area contributed by atoms with Gasteiger partial charge in [-0.1, -0.05) is 35.8 Å². The molecular weight excluding hydrogens is 214 g/mol. The van der Waals surface area contributed by atoms with Gasteiger partial charge < -0.3 is 0 Å². The van der Waals surface area contributed by atoms with Crippen LogP contribution in [0.1, 0.15) is 31.0 Å². The third kappa shape index (κ3) is 2.18. The average molecular weight is 226 g/mol. The van der Waals surface area contributed by atoms with Crippen LogP contribution in [0.25, 0.3) is 6.08 Å². The molecule has 0 fully saturated rings. The van der Waals surface area contributed by atoms with E-state index >= 15 is 0 Å². The van der Waals surface area contributed by atoms with Crippen molar-refractivity contribution in [1.29, 1.82) is 0 Å². The second-order valence-corrected chi connectivity index (χ2v) is 3.45. The lowest BCUT2D eigenvalue weighted by Gasteiger charge is -2.06. The maximum absolute atomic E-state index is 4.32. The molecule has 12 heavy (non-hydrogen) atoms. The first-order valence-electron chi connectivity index (χ1n) is 3.97. The van der Waals surface area contributed by atoms with Gasteiger partial charge in [0.05, 0.1) is 5.69 Å². The molecule has 0 amide bonds. The van der Waals surface area contributed by atoms with E-state index in [2.05, 4.69) is 40.8 Å². The van der Waals surface area contributed by atoms with Crippen molar-refractivity contribution in [2.24, 2.45) is 0 Å². The van der Waals surface area contributed by atoms with Crippen LogP contribution in [0, 0.1) is 0 Å².